The highest BCUT2D eigenvalue weighted by Crippen LogP contribution is 2.51. The van der Waals surface area contributed by atoms with E-state index in [2.05, 4.69) is 384 Å². The Morgan fingerprint density at radius 1 is 0.130 bits per heavy atom. The molecule has 14 aromatic carbocycles. The molecule has 0 atom stereocenters. The molecule has 0 aliphatic heterocycles. The molecule has 0 unspecified atom stereocenters. The highest BCUT2D eigenvalue weighted by molar-refractivity contribution is 6.05. The summed E-state index contributed by atoms with van der Waals surface area (Å²) in [5.41, 5.74) is 21.5. The van der Waals surface area contributed by atoms with Crippen LogP contribution in [0.4, 0.5) is 68.2 Å². The Hall–Kier alpha value is -13.6. The summed E-state index contributed by atoms with van der Waals surface area (Å²) in [5.74, 6) is 1.55. The van der Waals surface area contributed by atoms with Gasteiger partial charge >= 0.3 is 0 Å². The lowest BCUT2D eigenvalue weighted by molar-refractivity contribution is 1.07. The molecule has 8 nitrogen and oxygen atoms in total. The van der Waals surface area contributed by atoms with Crippen LogP contribution in [0.3, 0.4) is 0 Å². The molecule has 0 spiro atoms. The third kappa shape index (κ3) is 12.8. The first-order chi connectivity index (χ1) is 49.6. The third-order valence-electron chi connectivity index (χ3n) is 17.9. The smallest absolute Gasteiger partial charge is 0.165 e. The predicted molar refractivity (Wildman–Crippen MR) is 414 cm³/mol. The highest BCUT2D eigenvalue weighted by atomic mass is 15.2. The van der Waals surface area contributed by atoms with Crippen molar-refractivity contribution in [1.82, 2.24) is 19.9 Å². The fourth-order valence-electron chi connectivity index (χ4n) is 13.2. The van der Waals surface area contributed by atoms with Crippen LogP contribution in [0.1, 0.15) is 0 Å². The quantitative estimate of drug-likeness (QED) is 0.0794. The monoisotopic (exact) mass is 1280 g/mol. The Morgan fingerprint density at radius 2 is 0.310 bits per heavy atom. The normalized spacial score (nSPS) is 11.0. The van der Waals surface area contributed by atoms with Gasteiger partial charge in [0.1, 0.15) is 0 Å². The van der Waals surface area contributed by atoms with Gasteiger partial charge in [0.2, 0.25) is 0 Å². The van der Waals surface area contributed by atoms with E-state index in [4.69, 9.17) is 19.9 Å². The maximum Gasteiger partial charge on any atom is 0.165 e. The molecule has 0 N–H and O–H groups in total. The molecule has 0 amide bonds. The van der Waals surface area contributed by atoms with Crippen LogP contribution in [0, 0.1) is 0 Å². The van der Waals surface area contributed by atoms with Crippen molar-refractivity contribution in [2.24, 2.45) is 0 Å². The minimum Gasteiger partial charge on any atom is -0.311 e. The Morgan fingerprint density at radius 3 is 0.530 bits per heavy atom. The van der Waals surface area contributed by atoms with Crippen molar-refractivity contribution >= 4 is 68.2 Å². The second-order valence-electron chi connectivity index (χ2n) is 24.2. The fraction of sp³-hybridized carbons (Fsp3) is 0. The number of nitrogens with zero attached hydrogens (tertiary/aromatic N) is 8. The topological polar surface area (TPSA) is 64.5 Å². The number of benzene rings is 14. The molecule has 0 saturated carbocycles. The van der Waals surface area contributed by atoms with Crippen LogP contribution in [0.2, 0.25) is 0 Å². The number of rotatable bonds is 19. The Labute approximate surface area is 583 Å². The van der Waals surface area contributed by atoms with Crippen molar-refractivity contribution in [3.63, 3.8) is 0 Å². The van der Waals surface area contributed by atoms with Crippen LogP contribution in [-0.4, -0.2) is 19.9 Å². The largest absolute Gasteiger partial charge is 0.311 e. The molecule has 0 radical (unpaired) electrons. The van der Waals surface area contributed by atoms with Gasteiger partial charge in [-0.2, -0.15) is 0 Å². The van der Waals surface area contributed by atoms with Crippen molar-refractivity contribution < 1.29 is 0 Å². The van der Waals surface area contributed by atoms with Crippen LogP contribution in [0.25, 0.3) is 78.9 Å². The summed E-state index contributed by atoms with van der Waals surface area (Å²) in [6.07, 6.45) is 0. The number of aromatic nitrogens is 4. The Kier molecular flexibility index (Phi) is 17.4. The summed E-state index contributed by atoms with van der Waals surface area (Å²) < 4.78 is 0. The van der Waals surface area contributed by atoms with Crippen molar-refractivity contribution in [2.75, 3.05) is 19.6 Å². The van der Waals surface area contributed by atoms with E-state index in [-0.39, 0.29) is 0 Å². The van der Waals surface area contributed by atoms with Crippen LogP contribution < -0.4 is 19.6 Å². The number of para-hydroxylation sites is 8. The first-order valence-electron chi connectivity index (χ1n) is 33.6. The van der Waals surface area contributed by atoms with Crippen LogP contribution in [0.15, 0.2) is 400 Å². The van der Waals surface area contributed by atoms with Gasteiger partial charge in [-0.15, -0.1) is 0 Å². The van der Waals surface area contributed by atoms with Gasteiger partial charge in [0.05, 0.1) is 11.4 Å². The van der Waals surface area contributed by atoms with Gasteiger partial charge in [0.25, 0.3) is 0 Å². The van der Waals surface area contributed by atoms with Gasteiger partial charge in [-0.05, 0) is 157 Å². The zero-order chi connectivity index (χ0) is 66.8. The zero-order valence-corrected chi connectivity index (χ0v) is 54.7. The van der Waals surface area contributed by atoms with Gasteiger partial charge in [-0.25, -0.2) is 19.9 Å². The average Bonchev–Trinajstić information content (AvgIpc) is 0.732. The lowest BCUT2D eigenvalue weighted by Crippen LogP contribution is -2.10. The standard InChI is InChI=1S/C92H66N8/c1-11-31-71(32-12-1)90-94-91(72-33-13-2-14-34-72)96-92(95-90)87-85(67-51-59-81(60-52-67)97(73-35-15-3-16-36-73)74-37-17-4-18-38-74)88(69-55-63-83(64-56-69)99(77-43-23-7-24-44-77)78-45-25-8-26-46-78)93-89(70-57-65-84(66-58-70)100(79-47-27-9-28-48-79)80-49-29-10-30-50-80)86(87)68-53-61-82(62-54-68)98(75-39-19-5-20-40-75)76-41-21-6-22-42-76/h1-66H. The molecule has 2 aromatic heterocycles. The molecule has 0 aliphatic rings. The second kappa shape index (κ2) is 28.4. The SMILES string of the molecule is c1ccc(-c2nc(-c3ccccc3)nc(-c3c(-c4ccc(N(c5ccccc5)c5ccccc5)cc4)c(-c4ccc(N(c5ccccc5)c5ccccc5)cc4)nc(-c4ccc(N(c5ccccc5)c5ccccc5)cc4)c3-c3ccc(N(c4ccccc4)c4ccccc4)cc3)n2)cc1. The van der Waals surface area contributed by atoms with E-state index < -0.39 is 0 Å². The molecule has 2 heterocycles. The number of hydrogen-bond donors (Lipinski definition) is 0. The van der Waals surface area contributed by atoms with E-state index in [0.717, 1.165) is 130 Å². The molecule has 16 rings (SSSR count). The van der Waals surface area contributed by atoms with Crippen molar-refractivity contribution in [3.05, 3.63) is 400 Å². The van der Waals surface area contributed by atoms with Gasteiger partial charge in [0, 0.05) is 107 Å². The third-order valence-corrected chi connectivity index (χ3v) is 17.9. The van der Waals surface area contributed by atoms with Gasteiger partial charge in [-0.1, -0.05) is 255 Å². The van der Waals surface area contributed by atoms with Gasteiger partial charge in [-0.3, -0.25) is 0 Å². The summed E-state index contributed by atoms with van der Waals surface area (Å²) in [7, 11) is 0. The molecule has 0 saturated heterocycles. The van der Waals surface area contributed by atoms with E-state index in [0.29, 0.717) is 17.5 Å². The maximum atomic E-state index is 6.18. The number of hydrogen-bond acceptors (Lipinski definition) is 8. The first kappa shape index (κ1) is 61.3. The van der Waals surface area contributed by atoms with Crippen LogP contribution in [0.5, 0.6) is 0 Å². The van der Waals surface area contributed by atoms with E-state index in [1.165, 1.54) is 0 Å². The highest BCUT2D eigenvalue weighted by Gasteiger charge is 2.30. The molecule has 0 aliphatic carbocycles. The molecule has 0 fully saturated rings. The number of pyridine rings is 1. The summed E-state index contributed by atoms with van der Waals surface area (Å²) in [6, 6.07) is 140. The molecular formula is C92H66N8. The molecule has 0 bridgehead atoms. The predicted octanol–water partition coefficient (Wildman–Crippen LogP) is 24.8. The minimum absolute atomic E-state index is 0.480. The average molecular weight is 1280 g/mol. The second-order valence-corrected chi connectivity index (χ2v) is 24.2. The molecule has 474 valence electrons. The first-order valence-corrected chi connectivity index (χ1v) is 33.6. The summed E-state index contributed by atoms with van der Waals surface area (Å²) in [4.78, 5) is 32.1. The number of anilines is 12. The van der Waals surface area contributed by atoms with E-state index in [1.54, 1.807) is 0 Å². The summed E-state index contributed by atoms with van der Waals surface area (Å²) in [5, 5.41) is 0. The lowest BCUT2D eigenvalue weighted by atomic mass is 9.85. The van der Waals surface area contributed by atoms with E-state index >= 15 is 0 Å². The van der Waals surface area contributed by atoms with E-state index in [9.17, 15) is 0 Å². The Balaban J connectivity index is 1.01. The summed E-state index contributed by atoms with van der Waals surface area (Å²) >= 11 is 0. The maximum absolute atomic E-state index is 6.18. The molecule has 100 heavy (non-hydrogen) atoms. The Bertz CT molecular complexity index is 4850. The van der Waals surface area contributed by atoms with Gasteiger partial charge in [0.15, 0.2) is 17.5 Å². The van der Waals surface area contributed by atoms with Crippen molar-refractivity contribution in [2.45, 2.75) is 0 Å². The lowest BCUT2D eigenvalue weighted by Gasteiger charge is -2.27. The molecule has 16 aromatic rings. The summed E-state index contributed by atoms with van der Waals surface area (Å²) in [6.45, 7) is 0. The van der Waals surface area contributed by atoms with Gasteiger partial charge < -0.3 is 19.6 Å². The zero-order valence-electron chi connectivity index (χ0n) is 54.7. The fourth-order valence-corrected chi connectivity index (χ4v) is 13.2. The van der Waals surface area contributed by atoms with Crippen LogP contribution >= 0.6 is 0 Å². The van der Waals surface area contributed by atoms with Crippen molar-refractivity contribution in [3.8, 4) is 78.9 Å². The van der Waals surface area contributed by atoms with Crippen molar-refractivity contribution in [1.29, 1.82) is 0 Å². The molecular weight excluding hydrogens is 1220 g/mol. The van der Waals surface area contributed by atoms with Crippen LogP contribution in [-0.2, 0) is 0 Å². The minimum atomic E-state index is 0.480. The molecule has 8 heteroatoms. The van der Waals surface area contributed by atoms with E-state index in [1.807, 2.05) is 36.4 Å².